The van der Waals surface area contributed by atoms with Gasteiger partial charge in [0.1, 0.15) is 18.0 Å². The monoisotopic (exact) mass is 463 g/mol. The zero-order valence-electron chi connectivity index (χ0n) is 16.7. The summed E-state index contributed by atoms with van der Waals surface area (Å²) >= 11 is 11.3. The van der Waals surface area contributed by atoms with Crippen molar-refractivity contribution in [2.45, 2.75) is 24.4 Å². The van der Waals surface area contributed by atoms with E-state index in [1.165, 1.54) is 0 Å². The maximum Gasteiger partial charge on any atom is 0.412 e. The molecule has 8 nitrogen and oxygen atoms in total. The summed E-state index contributed by atoms with van der Waals surface area (Å²) in [6.07, 6.45) is -1.71. The number of rotatable bonds is 5. The highest BCUT2D eigenvalue weighted by Gasteiger charge is 2.49. The first-order chi connectivity index (χ1) is 15.0. The van der Waals surface area contributed by atoms with Gasteiger partial charge in [0, 0.05) is 16.4 Å². The molecule has 2 fully saturated rings. The van der Waals surface area contributed by atoms with E-state index in [2.05, 4.69) is 16.0 Å². The molecule has 2 aliphatic heterocycles. The third kappa shape index (κ3) is 5.37. The Morgan fingerprint density at radius 1 is 1.00 bits per heavy atom. The molecule has 10 heteroatoms. The van der Waals surface area contributed by atoms with Crippen LogP contribution in [0, 0.1) is 0 Å². The van der Waals surface area contributed by atoms with E-state index in [1.807, 2.05) is 12.1 Å². The Balaban J connectivity index is 1.26. The van der Waals surface area contributed by atoms with Crippen molar-refractivity contribution in [2.24, 2.45) is 0 Å². The molecule has 164 valence electrons. The first kappa shape index (κ1) is 21.6. The second-order valence-electron chi connectivity index (χ2n) is 7.11. The fourth-order valence-corrected chi connectivity index (χ4v) is 3.91. The highest BCUT2D eigenvalue weighted by atomic mass is 35.5. The number of benzene rings is 2. The number of thiocarbonyl (C=S) groups is 1. The third-order valence-electron chi connectivity index (χ3n) is 5.02. The predicted octanol–water partition coefficient (Wildman–Crippen LogP) is 3.42. The van der Waals surface area contributed by atoms with E-state index < -0.39 is 12.2 Å². The SMILES string of the molecule is COc1ccc(NC(=O)O[C@H]2CO[C@@H]3[C@@H]2OC[C@@H]3NC(=S)Nc2ccc(Cl)cc2)cc1. The molecule has 2 heterocycles. The minimum absolute atomic E-state index is 0.157. The van der Waals surface area contributed by atoms with Crippen LogP contribution < -0.4 is 20.7 Å². The van der Waals surface area contributed by atoms with Gasteiger partial charge < -0.3 is 29.6 Å². The molecule has 0 bridgehead atoms. The van der Waals surface area contributed by atoms with E-state index in [0.29, 0.717) is 28.2 Å². The Kier molecular flexibility index (Phi) is 6.77. The number of ether oxygens (including phenoxy) is 4. The number of amides is 1. The molecule has 2 aliphatic rings. The average molecular weight is 464 g/mol. The topological polar surface area (TPSA) is 90.1 Å². The second-order valence-corrected chi connectivity index (χ2v) is 7.95. The fraction of sp³-hybridized carbons (Fsp3) is 0.333. The van der Waals surface area contributed by atoms with Gasteiger partial charge in [-0.15, -0.1) is 0 Å². The van der Waals surface area contributed by atoms with Crippen LogP contribution in [0.1, 0.15) is 0 Å². The maximum absolute atomic E-state index is 12.3. The van der Waals surface area contributed by atoms with Gasteiger partial charge in [-0.3, -0.25) is 5.32 Å². The van der Waals surface area contributed by atoms with E-state index in [1.54, 1.807) is 43.5 Å². The van der Waals surface area contributed by atoms with E-state index in [4.69, 9.17) is 42.8 Å². The largest absolute Gasteiger partial charge is 0.497 e. The molecule has 0 radical (unpaired) electrons. The van der Waals surface area contributed by atoms with Gasteiger partial charge in [-0.25, -0.2) is 4.79 Å². The van der Waals surface area contributed by atoms with Crippen molar-refractivity contribution in [1.82, 2.24) is 5.32 Å². The molecule has 4 rings (SSSR count). The first-order valence-corrected chi connectivity index (χ1v) is 10.5. The van der Waals surface area contributed by atoms with Crippen molar-refractivity contribution in [2.75, 3.05) is 31.0 Å². The average Bonchev–Trinajstić information content (AvgIpc) is 3.34. The highest BCUT2D eigenvalue weighted by molar-refractivity contribution is 7.80. The van der Waals surface area contributed by atoms with Gasteiger partial charge in [-0.1, -0.05) is 11.6 Å². The number of fused-ring (bicyclic) bond motifs is 1. The molecule has 0 aliphatic carbocycles. The van der Waals surface area contributed by atoms with E-state index in [0.717, 1.165) is 5.69 Å². The van der Waals surface area contributed by atoms with Crippen molar-refractivity contribution in [1.29, 1.82) is 0 Å². The molecule has 3 N–H and O–H groups in total. The molecule has 0 aromatic heterocycles. The highest BCUT2D eigenvalue weighted by Crippen LogP contribution is 2.29. The van der Waals surface area contributed by atoms with Crippen molar-refractivity contribution in [3.05, 3.63) is 53.6 Å². The molecular weight excluding hydrogens is 442 g/mol. The maximum atomic E-state index is 12.3. The summed E-state index contributed by atoms with van der Waals surface area (Å²) in [5.74, 6) is 0.701. The van der Waals surface area contributed by atoms with Crippen LogP contribution >= 0.6 is 23.8 Å². The van der Waals surface area contributed by atoms with Crippen LogP contribution in [0.4, 0.5) is 16.2 Å². The standard InChI is InChI=1S/C21H22ClN3O5S/c1-27-15-8-6-14(7-9-15)24-21(26)30-17-11-29-18-16(10-28-19(17)18)25-20(31)23-13-4-2-12(22)3-5-13/h2-9,16-19H,10-11H2,1H3,(H,24,26)(H2,23,25,31)/t16-,17-,18-,19+/m0/s1. The van der Waals surface area contributed by atoms with Gasteiger partial charge >= 0.3 is 6.09 Å². The quantitative estimate of drug-likeness (QED) is 0.581. The van der Waals surface area contributed by atoms with Gasteiger partial charge in [0.25, 0.3) is 0 Å². The number of hydrogen-bond acceptors (Lipinski definition) is 6. The van der Waals surface area contributed by atoms with Crippen LogP contribution in [0.5, 0.6) is 5.75 Å². The summed E-state index contributed by atoms with van der Waals surface area (Å²) in [7, 11) is 1.58. The van der Waals surface area contributed by atoms with Crippen LogP contribution in [-0.4, -0.2) is 55.9 Å². The second kappa shape index (κ2) is 9.69. The van der Waals surface area contributed by atoms with Crippen LogP contribution in [-0.2, 0) is 14.2 Å². The predicted molar refractivity (Wildman–Crippen MR) is 121 cm³/mol. The number of methoxy groups -OCH3 is 1. The van der Waals surface area contributed by atoms with Gasteiger partial charge in [-0.2, -0.15) is 0 Å². The summed E-state index contributed by atoms with van der Waals surface area (Å²) in [5, 5.41) is 10.1. The smallest absolute Gasteiger partial charge is 0.412 e. The summed E-state index contributed by atoms with van der Waals surface area (Å²) in [5.41, 5.74) is 1.42. The van der Waals surface area contributed by atoms with E-state index in [-0.39, 0.29) is 24.9 Å². The zero-order chi connectivity index (χ0) is 21.8. The minimum atomic E-state index is -0.570. The minimum Gasteiger partial charge on any atom is -0.497 e. The summed E-state index contributed by atoms with van der Waals surface area (Å²) in [6.45, 7) is 0.638. The normalized spacial score (nSPS) is 24.2. The van der Waals surface area contributed by atoms with Crippen LogP contribution in [0.2, 0.25) is 5.02 Å². The van der Waals surface area contributed by atoms with Crippen LogP contribution in [0.15, 0.2) is 48.5 Å². The van der Waals surface area contributed by atoms with Crippen molar-refractivity contribution >= 4 is 46.4 Å². The number of anilines is 2. The van der Waals surface area contributed by atoms with Crippen molar-refractivity contribution < 1.29 is 23.7 Å². The third-order valence-corrected chi connectivity index (χ3v) is 5.49. The number of halogens is 1. The summed E-state index contributed by atoms with van der Waals surface area (Å²) in [6, 6.07) is 14.0. The Morgan fingerprint density at radius 3 is 2.35 bits per heavy atom. The Labute approximate surface area is 190 Å². The first-order valence-electron chi connectivity index (χ1n) is 9.70. The molecule has 31 heavy (non-hydrogen) atoms. The summed E-state index contributed by atoms with van der Waals surface area (Å²) < 4.78 is 22.3. The number of carbonyl (C=O) groups excluding carboxylic acids is 1. The number of carbonyl (C=O) groups is 1. The molecule has 0 spiro atoms. The van der Waals surface area contributed by atoms with Gasteiger partial charge in [0.2, 0.25) is 0 Å². The molecule has 0 saturated carbocycles. The summed E-state index contributed by atoms with van der Waals surface area (Å²) in [4.78, 5) is 12.3. The molecule has 2 saturated heterocycles. The van der Waals surface area contributed by atoms with Gasteiger partial charge in [-0.05, 0) is 60.7 Å². The molecular formula is C21H22ClN3O5S. The van der Waals surface area contributed by atoms with Crippen molar-refractivity contribution in [3.8, 4) is 5.75 Å². The Morgan fingerprint density at radius 2 is 1.65 bits per heavy atom. The fourth-order valence-electron chi connectivity index (χ4n) is 3.52. The van der Waals surface area contributed by atoms with E-state index in [9.17, 15) is 4.79 Å². The number of hydrogen-bond donors (Lipinski definition) is 3. The van der Waals surface area contributed by atoms with Gasteiger partial charge in [0.15, 0.2) is 11.2 Å². The zero-order valence-corrected chi connectivity index (χ0v) is 18.2. The molecule has 4 atom stereocenters. The number of nitrogens with one attached hydrogen (secondary N) is 3. The lowest BCUT2D eigenvalue weighted by atomic mass is 10.1. The lowest BCUT2D eigenvalue weighted by Gasteiger charge is -2.20. The van der Waals surface area contributed by atoms with Crippen LogP contribution in [0.3, 0.4) is 0 Å². The van der Waals surface area contributed by atoms with E-state index >= 15 is 0 Å². The van der Waals surface area contributed by atoms with Gasteiger partial charge in [0.05, 0.1) is 26.4 Å². The Bertz CT molecular complexity index is 928. The molecule has 0 unspecified atom stereocenters. The molecule has 2 aromatic carbocycles. The molecule has 1 amide bonds. The Hall–Kier alpha value is -2.59. The lowest BCUT2D eigenvalue weighted by Crippen LogP contribution is -2.46. The molecule has 2 aromatic rings. The lowest BCUT2D eigenvalue weighted by molar-refractivity contribution is 0.00880. The van der Waals surface area contributed by atoms with Crippen molar-refractivity contribution in [3.63, 3.8) is 0 Å². The van der Waals surface area contributed by atoms with Crippen LogP contribution in [0.25, 0.3) is 0 Å².